The zero-order chi connectivity index (χ0) is 41.1. The van der Waals surface area contributed by atoms with Crippen LogP contribution in [0, 0.1) is 17.6 Å². The Labute approximate surface area is 330 Å². The molecule has 2 saturated heterocycles. The molecule has 6 rings (SSSR count). The fourth-order valence-electron chi connectivity index (χ4n) is 7.88. The van der Waals surface area contributed by atoms with Crippen LogP contribution in [-0.4, -0.2) is 128 Å². The van der Waals surface area contributed by atoms with E-state index in [1.54, 1.807) is 45.0 Å². The minimum Gasteiger partial charge on any atom is -0.394 e. The lowest BCUT2D eigenvalue weighted by atomic mass is 10.0. The molecule has 4 amide bonds. The first kappa shape index (κ1) is 41.6. The summed E-state index contributed by atoms with van der Waals surface area (Å²) in [6.07, 6.45) is 2.72. The molecule has 2 aromatic heterocycles. The molecule has 308 valence electrons. The summed E-state index contributed by atoms with van der Waals surface area (Å²) in [5.41, 5.74) is 1.93. The van der Waals surface area contributed by atoms with Crippen LogP contribution in [-0.2, 0) is 32.3 Å². The van der Waals surface area contributed by atoms with E-state index in [1.165, 1.54) is 24.3 Å². The number of aliphatic hydroxyl groups is 1. The summed E-state index contributed by atoms with van der Waals surface area (Å²) in [7, 11) is 3.31. The number of hydrogen-bond donors (Lipinski definition) is 5. The minimum absolute atomic E-state index is 0.178. The van der Waals surface area contributed by atoms with E-state index in [9.17, 15) is 33.1 Å². The van der Waals surface area contributed by atoms with Gasteiger partial charge in [-0.3, -0.25) is 19.2 Å². The van der Waals surface area contributed by atoms with Crippen molar-refractivity contribution in [3.8, 4) is 11.6 Å². The molecule has 0 radical (unpaired) electrons. The monoisotopic (exact) mass is 792 g/mol. The number of rotatable bonds is 15. The highest BCUT2D eigenvalue weighted by atomic mass is 19.1. The number of fused-ring (bicyclic) bond motifs is 2. The molecule has 15 nitrogen and oxygen atoms in total. The van der Waals surface area contributed by atoms with Crippen molar-refractivity contribution in [3.63, 3.8) is 0 Å². The summed E-state index contributed by atoms with van der Waals surface area (Å²) in [4.78, 5) is 66.8. The lowest BCUT2D eigenvalue weighted by Crippen LogP contribution is -2.55. The van der Waals surface area contributed by atoms with Crippen LogP contribution < -0.4 is 21.3 Å². The molecule has 0 bridgehead atoms. The van der Waals surface area contributed by atoms with E-state index >= 15 is 0 Å². The molecular weight excluding hydrogens is 739 g/mol. The van der Waals surface area contributed by atoms with Gasteiger partial charge in [0.15, 0.2) is 11.6 Å². The second-order valence-corrected chi connectivity index (χ2v) is 15.5. The van der Waals surface area contributed by atoms with Gasteiger partial charge in [0, 0.05) is 50.4 Å². The molecule has 2 aromatic carbocycles. The minimum atomic E-state index is -1.14. The van der Waals surface area contributed by atoms with E-state index in [-0.39, 0.29) is 42.9 Å². The Morgan fingerprint density at radius 1 is 0.737 bits per heavy atom. The smallest absolute Gasteiger partial charge is 0.247 e. The van der Waals surface area contributed by atoms with Crippen LogP contribution in [0.5, 0.6) is 0 Å². The number of aliphatic hydroxyl groups excluding tert-OH is 1. The number of carbonyl (C=O) groups excluding carboxylic acids is 4. The van der Waals surface area contributed by atoms with Gasteiger partial charge in [-0.2, -0.15) is 0 Å². The van der Waals surface area contributed by atoms with Crippen LogP contribution in [0.1, 0.15) is 53.4 Å². The molecule has 0 saturated carbocycles. The third-order valence-corrected chi connectivity index (χ3v) is 11.4. The van der Waals surface area contributed by atoms with Gasteiger partial charge in [-0.25, -0.2) is 18.7 Å². The molecule has 4 aromatic rings. The number of nitrogens with zero attached hydrogens (tertiary/aromatic N) is 6. The molecule has 5 N–H and O–H groups in total. The SMILES string of the molecule is CN[C@H](C)C(=O)N[C@H](CO)C(=O)N1CCC[C@H]1Cn1c(-c2nc3cc(F)ccc3n2C[C@@H]2CCCN2C(=O)[C@H](NC(=O)[C@@H](C)NC)C(C)C)nc2cc(F)ccc21. The quantitative estimate of drug-likeness (QED) is 0.121. The molecule has 6 atom stereocenters. The lowest BCUT2D eigenvalue weighted by Gasteiger charge is -2.32. The number of likely N-dealkylation sites (N-methyl/N-ethyl adjacent to an activating group) is 2. The molecule has 2 fully saturated rings. The predicted octanol–water partition coefficient (Wildman–Crippen LogP) is 2.15. The first-order chi connectivity index (χ1) is 27.3. The third kappa shape index (κ3) is 8.65. The number of amides is 4. The highest BCUT2D eigenvalue weighted by Gasteiger charge is 2.38. The number of hydrogen-bond acceptors (Lipinski definition) is 9. The number of imidazole rings is 2. The summed E-state index contributed by atoms with van der Waals surface area (Å²) < 4.78 is 33.3. The molecule has 0 aliphatic carbocycles. The van der Waals surface area contributed by atoms with Gasteiger partial charge in [0.25, 0.3) is 0 Å². The van der Waals surface area contributed by atoms with Crippen molar-refractivity contribution < 1.29 is 33.1 Å². The van der Waals surface area contributed by atoms with Gasteiger partial charge in [-0.1, -0.05) is 13.8 Å². The normalized spacial score (nSPS) is 19.3. The van der Waals surface area contributed by atoms with Gasteiger partial charge in [-0.05, 0) is 83.8 Å². The summed E-state index contributed by atoms with van der Waals surface area (Å²) in [6.45, 7) is 8.00. The van der Waals surface area contributed by atoms with Crippen LogP contribution in [0.2, 0.25) is 0 Å². The number of carbonyl (C=O) groups is 4. The first-order valence-corrected chi connectivity index (χ1v) is 19.7. The number of likely N-dealkylation sites (tertiary alicyclic amines) is 2. The second-order valence-electron chi connectivity index (χ2n) is 15.5. The standard InChI is InChI=1S/C40H54F2N10O5/c1-22(2)34(48-38(55)24(4)44-6)40(57)50-16-8-10-28(50)20-52-33-14-12-26(42)18-30(33)46-36(52)35-45-29-17-25(41)11-13-32(29)51(35)19-27-9-7-15-49(27)39(56)31(21-53)47-37(54)23(3)43-5/h11-14,17-18,22-24,27-28,31,34,43-44,53H,7-10,15-16,19-21H2,1-6H3,(H,47,54)(H,48,55)/t23-,24-,27+,28+,31-,34-/m1/s1. The Kier molecular flexibility index (Phi) is 12.9. The highest BCUT2D eigenvalue weighted by Crippen LogP contribution is 2.33. The van der Waals surface area contributed by atoms with Gasteiger partial charge >= 0.3 is 0 Å². The molecule has 57 heavy (non-hydrogen) atoms. The van der Waals surface area contributed by atoms with Gasteiger partial charge in [0.05, 0.1) is 40.8 Å². The average molecular weight is 793 g/mol. The van der Waals surface area contributed by atoms with E-state index in [2.05, 4.69) is 21.3 Å². The first-order valence-electron chi connectivity index (χ1n) is 19.7. The van der Waals surface area contributed by atoms with Gasteiger partial charge < -0.3 is 45.3 Å². The maximum Gasteiger partial charge on any atom is 0.247 e. The summed E-state index contributed by atoms with van der Waals surface area (Å²) in [6, 6.07) is 4.98. The second kappa shape index (κ2) is 17.6. The Morgan fingerprint density at radius 2 is 1.19 bits per heavy atom. The fourth-order valence-corrected chi connectivity index (χ4v) is 7.88. The van der Waals surface area contributed by atoms with E-state index in [1.807, 2.05) is 27.9 Å². The van der Waals surface area contributed by atoms with E-state index in [0.29, 0.717) is 66.1 Å². The molecule has 0 unspecified atom stereocenters. The zero-order valence-electron chi connectivity index (χ0n) is 33.4. The molecular formula is C40H54F2N10O5. The molecule has 17 heteroatoms. The summed E-state index contributed by atoms with van der Waals surface area (Å²) >= 11 is 0. The Bertz CT molecular complexity index is 2120. The van der Waals surface area contributed by atoms with Crippen LogP contribution in [0.4, 0.5) is 8.78 Å². The predicted molar refractivity (Wildman–Crippen MR) is 211 cm³/mol. The van der Waals surface area contributed by atoms with Crippen LogP contribution >= 0.6 is 0 Å². The third-order valence-electron chi connectivity index (χ3n) is 11.4. The van der Waals surface area contributed by atoms with E-state index < -0.39 is 54.2 Å². The topological polar surface area (TPSA) is 179 Å². The zero-order valence-corrected chi connectivity index (χ0v) is 33.4. The summed E-state index contributed by atoms with van der Waals surface area (Å²) in [5, 5.41) is 21.5. The number of benzene rings is 2. The van der Waals surface area contributed by atoms with E-state index in [0.717, 1.165) is 6.42 Å². The number of aromatic nitrogens is 4. The number of nitrogens with one attached hydrogen (secondary N) is 4. The van der Waals surface area contributed by atoms with Gasteiger partial charge in [0.2, 0.25) is 23.6 Å². The molecule has 4 heterocycles. The van der Waals surface area contributed by atoms with Crippen molar-refractivity contribution in [3.05, 3.63) is 48.0 Å². The van der Waals surface area contributed by atoms with Crippen molar-refractivity contribution in [2.45, 2.75) is 103 Å². The van der Waals surface area contributed by atoms with Crippen molar-refractivity contribution in [2.24, 2.45) is 5.92 Å². The van der Waals surface area contributed by atoms with Crippen LogP contribution in [0.3, 0.4) is 0 Å². The lowest BCUT2D eigenvalue weighted by molar-refractivity contribution is -0.139. The molecule has 2 aliphatic rings. The van der Waals surface area contributed by atoms with Crippen molar-refractivity contribution in [2.75, 3.05) is 33.8 Å². The van der Waals surface area contributed by atoms with Gasteiger partial charge in [-0.15, -0.1) is 0 Å². The Morgan fingerprint density at radius 3 is 1.63 bits per heavy atom. The van der Waals surface area contributed by atoms with E-state index in [4.69, 9.17) is 9.97 Å². The van der Waals surface area contributed by atoms with Crippen molar-refractivity contribution >= 4 is 45.7 Å². The van der Waals surface area contributed by atoms with Crippen molar-refractivity contribution in [1.29, 1.82) is 0 Å². The maximum absolute atomic E-state index is 14.7. The largest absolute Gasteiger partial charge is 0.394 e. The molecule has 2 aliphatic heterocycles. The molecule has 0 spiro atoms. The number of halogens is 2. The Hall–Kier alpha value is -5.00. The highest BCUT2D eigenvalue weighted by molar-refractivity contribution is 5.91. The van der Waals surface area contributed by atoms with Crippen LogP contribution in [0.15, 0.2) is 36.4 Å². The maximum atomic E-state index is 14.7. The van der Waals surface area contributed by atoms with Crippen LogP contribution in [0.25, 0.3) is 33.7 Å². The van der Waals surface area contributed by atoms with Gasteiger partial charge in [0.1, 0.15) is 23.7 Å². The fraction of sp³-hybridized carbons (Fsp3) is 0.550. The van der Waals surface area contributed by atoms with Crippen molar-refractivity contribution in [1.82, 2.24) is 50.2 Å². The summed E-state index contributed by atoms with van der Waals surface area (Å²) in [5.74, 6) is -1.70. The Balaban J connectivity index is 1.38. The average Bonchev–Trinajstić information content (AvgIpc) is 4.00.